The van der Waals surface area contributed by atoms with Crippen LogP contribution in [-0.4, -0.2) is 50.9 Å². The number of hydrogen-bond acceptors (Lipinski definition) is 5. The molecule has 14 heteroatoms. The first-order chi connectivity index (χ1) is 17.3. The largest absolute Gasteiger partial charge is 0.451 e. The minimum atomic E-state index is -5.21. The van der Waals surface area contributed by atoms with E-state index >= 15 is 0 Å². The van der Waals surface area contributed by atoms with Gasteiger partial charge in [-0.25, -0.2) is 4.98 Å². The van der Waals surface area contributed by atoms with Crippen LogP contribution in [0.2, 0.25) is 5.02 Å². The maximum atomic E-state index is 13.5. The maximum absolute atomic E-state index is 13.5. The number of piperidine rings is 1. The number of aromatic nitrogens is 4. The summed E-state index contributed by atoms with van der Waals surface area (Å²) in [7, 11) is 1.67. The van der Waals surface area contributed by atoms with Crippen LogP contribution in [0.1, 0.15) is 48.2 Å². The molecule has 0 spiro atoms. The van der Waals surface area contributed by atoms with E-state index in [9.17, 15) is 31.1 Å². The predicted molar refractivity (Wildman–Crippen MR) is 122 cm³/mol. The molecule has 0 radical (unpaired) electrons. The number of H-pyrrole nitrogens is 1. The first-order valence-electron chi connectivity index (χ1n) is 11.5. The number of hydrogen-bond donors (Lipinski definition) is 1. The van der Waals surface area contributed by atoms with Crippen molar-refractivity contribution in [3.05, 3.63) is 46.1 Å². The number of halogens is 7. The van der Waals surface area contributed by atoms with Gasteiger partial charge in [0.05, 0.1) is 6.04 Å². The summed E-state index contributed by atoms with van der Waals surface area (Å²) in [5.41, 5.74) is 2.15. The first kappa shape index (κ1) is 25.6. The molecule has 3 aromatic rings. The first-order valence-corrected chi connectivity index (χ1v) is 11.9. The quantitative estimate of drug-likeness (QED) is 0.445. The molecule has 1 N–H and O–H groups in total. The number of amides is 1. The summed E-state index contributed by atoms with van der Waals surface area (Å²) < 4.78 is 80.9. The Bertz CT molecular complexity index is 1320. The smallest absolute Gasteiger partial charge is 0.356 e. The molecule has 1 amide bonds. The normalized spacial score (nSPS) is 21.0. The molecule has 1 saturated heterocycles. The molecule has 1 fully saturated rings. The summed E-state index contributed by atoms with van der Waals surface area (Å²) in [6, 6.07) is 4.41. The molecular weight excluding hydrogens is 526 g/mol. The van der Waals surface area contributed by atoms with Crippen molar-refractivity contribution in [2.24, 2.45) is 5.92 Å². The van der Waals surface area contributed by atoms with Gasteiger partial charge in [-0.1, -0.05) is 11.6 Å². The molecule has 0 saturated carbocycles. The Morgan fingerprint density at radius 1 is 1.05 bits per heavy atom. The van der Waals surface area contributed by atoms with Crippen LogP contribution in [0.25, 0.3) is 10.9 Å². The van der Waals surface area contributed by atoms with E-state index < -0.39 is 41.9 Å². The van der Waals surface area contributed by atoms with Crippen LogP contribution in [0, 0.1) is 5.92 Å². The third-order valence-corrected chi connectivity index (χ3v) is 7.12. The predicted octanol–water partition coefficient (Wildman–Crippen LogP) is 5.41. The lowest BCUT2D eigenvalue weighted by molar-refractivity contribution is -0.155. The van der Waals surface area contributed by atoms with Gasteiger partial charge in [0, 0.05) is 47.7 Å². The number of rotatable bonds is 3. The molecule has 0 unspecified atom stereocenters. The highest BCUT2D eigenvalue weighted by Gasteiger charge is 2.44. The second kappa shape index (κ2) is 9.03. The molecule has 7 nitrogen and oxygen atoms in total. The van der Waals surface area contributed by atoms with Crippen LogP contribution >= 0.6 is 11.6 Å². The zero-order chi connectivity index (χ0) is 26.7. The Morgan fingerprint density at radius 2 is 1.73 bits per heavy atom. The van der Waals surface area contributed by atoms with Crippen molar-refractivity contribution in [1.82, 2.24) is 24.8 Å². The average molecular weight is 547 g/mol. The van der Waals surface area contributed by atoms with E-state index in [1.165, 1.54) is 4.90 Å². The van der Waals surface area contributed by atoms with Gasteiger partial charge in [0.2, 0.25) is 23.5 Å². The van der Waals surface area contributed by atoms with Crippen molar-refractivity contribution in [2.45, 2.75) is 44.1 Å². The fourth-order valence-corrected chi connectivity index (χ4v) is 5.35. The van der Waals surface area contributed by atoms with Gasteiger partial charge in [-0.2, -0.15) is 36.3 Å². The highest BCUT2D eigenvalue weighted by Crippen LogP contribution is 2.42. The number of fused-ring (bicyclic) bond motifs is 3. The second-order valence-electron chi connectivity index (χ2n) is 9.28. The number of nitrogens with one attached hydrogen (secondary N) is 1. The summed E-state index contributed by atoms with van der Waals surface area (Å²) in [6.45, 7) is 0.615. The van der Waals surface area contributed by atoms with Crippen LogP contribution in [0.3, 0.4) is 0 Å². The Labute approximate surface area is 211 Å². The number of alkyl halides is 6. The van der Waals surface area contributed by atoms with Crippen LogP contribution in [-0.2, 0) is 23.6 Å². The van der Waals surface area contributed by atoms with Crippen molar-refractivity contribution in [1.29, 1.82) is 0 Å². The van der Waals surface area contributed by atoms with Gasteiger partial charge in [0.1, 0.15) is 0 Å². The van der Waals surface area contributed by atoms with Crippen molar-refractivity contribution in [2.75, 3.05) is 25.0 Å². The van der Waals surface area contributed by atoms with Gasteiger partial charge in [0.15, 0.2) is 0 Å². The van der Waals surface area contributed by atoms with Crippen molar-refractivity contribution < 1.29 is 31.1 Å². The molecule has 198 valence electrons. The minimum Gasteiger partial charge on any atom is -0.356 e. The number of likely N-dealkylation sites (tertiary alicyclic amines) is 1. The Morgan fingerprint density at radius 3 is 2.38 bits per heavy atom. The topological polar surface area (TPSA) is 78.0 Å². The number of carbonyl (C=O) groups excluding carboxylic acids is 1. The monoisotopic (exact) mass is 546 g/mol. The molecule has 2 aromatic heterocycles. The number of benzene rings is 1. The standard InChI is InChI=1S/C23H21ClF6N6O/c1-35-7-2-3-11(18(35)37)9-16-17-13(14-10-12(24)4-5-15(14)31-17)6-8-36(16)21-33-19(22(25,26)27)32-20(34-21)23(28,29)30/h4-5,10-11,16,31H,2-3,6-9H2,1H3/t11-,16+/m0/s1. The highest BCUT2D eigenvalue weighted by atomic mass is 35.5. The maximum Gasteiger partial charge on any atom is 0.451 e. The molecule has 4 heterocycles. The van der Waals surface area contributed by atoms with Crippen molar-refractivity contribution in [3.8, 4) is 0 Å². The van der Waals surface area contributed by atoms with Gasteiger partial charge in [-0.3, -0.25) is 4.79 Å². The SMILES string of the molecule is CN1CCC[C@@H](C[C@@H]2c3[nH]c4ccc(Cl)cc4c3CCN2c2nc(C(F)(F)F)nc(C(F)(F)F)n2)C1=O. The lowest BCUT2D eigenvalue weighted by atomic mass is 9.86. The zero-order valence-corrected chi connectivity index (χ0v) is 20.2. The van der Waals surface area contributed by atoms with Crippen LogP contribution in [0.5, 0.6) is 0 Å². The van der Waals surface area contributed by atoms with Gasteiger partial charge in [-0.05, 0) is 49.4 Å². The summed E-state index contributed by atoms with van der Waals surface area (Å²) in [5.74, 6) is -5.19. The van der Waals surface area contributed by atoms with E-state index in [-0.39, 0.29) is 18.9 Å². The average Bonchev–Trinajstić information content (AvgIpc) is 3.19. The third-order valence-electron chi connectivity index (χ3n) is 6.88. The van der Waals surface area contributed by atoms with Crippen LogP contribution in [0.4, 0.5) is 32.3 Å². The van der Waals surface area contributed by atoms with Crippen LogP contribution < -0.4 is 4.90 Å². The lowest BCUT2D eigenvalue weighted by Gasteiger charge is -2.39. The van der Waals surface area contributed by atoms with Gasteiger partial charge < -0.3 is 14.8 Å². The van der Waals surface area contributed by atoms with Crippen LogP contribution in [0.15, 0.2) is 18.2 Å². The van der Waals surface area contributed by atoms with E-state index in [1.807, 2.05) is 0 Å². The number of aromatic amines is 1. The van der Waals surface area contributed by atoms with E-state index in [0.29, 0.717) is 30.1 Å². The third kappa shape index (κ3) is 4.80. The molecule has 0 aliphatic carbocycles. The molecular formula is C23H21ClF6N6O. The minimum absolute atomic E-state index is 0.0342. The molecule has 2 aliphatic rings. The number of nitrogens with zero attached hydrogens (tertiary/aromatic N) is 5. The molecule has 0 bridgehead atoms. The Balaban J connectivity index is 1.65. The van der Waals surface area contributed by atoms with Crippen molar-refractivity contribution in [3.63, 3.8) is 0 Å². The van der Waals surface area contributed by atoms with Gasteiger partial charge >= 0.3 is 12.4 Å². The van der Waals surface area contributed by atoms with Gasteiger partial charge in [0.25, 0.3) is 0 Å². The summed E-state index contributed by atoms with van der Waals surface area (Å²) in [5, 5.41) is 1.29. The summed E-state index contributed by atoms with van der Waals surface area (Å²) in [4.78, 5) is 28.5. The summed E-state index contributed by atoms with van der Waals surface area (Å²) in [6.07, 6.45) is -8.70. The Kier molecular flexibility index (Phi) is 6.24. The number of carbonyl (C=O) groups is 1. The van der Waals surface area contributed by atoms with E-state index in [1.54, 1.807) is 30.1 Å². The molecule has 2 atom stereocenters. The highest BCUT2D eigenvalue weighted by molar-refractivity contribution is 6.31. The summed E-state index contributed by atoms with van der Waals surface area (Å²) >= 11 is 6.18. The second-order valence-corrected chi connectivity index (χ2v) is 9.72. The number of anilines is 1. The van der Waals surface area contributed by atoms with E-state index in [2.05, 4.69) is 19.9 Å². The van der Waals surface area contributed by atoms with Crippen molar-refractivity contribution >= 4 is 34.4 Å². The molecule has 2 aliphatic heterocycles. The lowest BCUT2D eigenvalue weighted by Crippen LogP contribution is -2.43. The van der Waals surface area contributed by atoms with E-state index in [4.69, 9.17) is 11.6 Å². The van der Waals surface area contributed by atoms with E-state index in [0.717, 1.165) is 22.9 Å². The molecule has 5 rings (SSSR count). The Hall–Kier alpha value is -3.09. The molecule has 1 aromatic carbocycles. The molecule has 37 heavy (non-hydrogen) atoms. The fraction of sp³-hybridized carbons (Fsp3) is 0.478. The zero-order valence-electron chi connectivity index (χ0n) is 19.4. The van der Waals surface area contributed by atoms with Gasteiger partial charge in [-0.15, -0.1) is 0 Å². The fourth-order valence-electron chi connectivity index (χ4n) is 5.18.